The number of hydrogen-bond donors (Lipinski definition) is 0. The second-order valence-corrected chi connectivity index (χ2v) is 8.76. The Hall–Kier alpha value is -3.91. The molecule has 0 spiro atoms. The van der Waals surface area contributed by atoms with Gasteiger partial charge in [0.1, 0.15) is 5.65 Å². The van der Waals surface area contributed by atoms with Gasteiger partial charge in [0.15, 0.2) is 0 Å². The van der Waals surface area contributed by atoms with E-state index in [1.165, 1.54) is 66.2 Å². The predicted octanol–water partition coefficient (Wildman–Crippen LogP) is 6.78. The van der Waals surface area contributed by atoms with E-state index < -0.39 is 0 Å². The summed E-state index contributed by atoms with van der Waals surface area (Å²) < 4.78 is 2.27. The molecule has 2 heterocycles. The van der Waals surface area contributed by atoms with Gasteiger partial charge in [0.05, 0.1) is 5.52 Å². The summed E-state index contributed by atoms with van der Waals surface area (Å²) in [5, 5.41) is 4.02. The Morgan fingerprint density at radius 3 is 2.16 bits per heavy atom. The Morgan fingerprint density at radius 2 is 1.32 bits per heavy atom. The van der Waals surface area contributed by atoms with E-state index in [1.54, 1.807) is 0 Å². The molecule has 2 aromatic heterocycles. The van der Waals surface area contributed by atoms with E-state index in [4.69, 9.17) is 4.98 Å². The zero-order valence-electron chi connectivity index (χ0n) is 16.9. The molecule has 8 rings (SSSR count). The molecular weight excluding hydrogens is 376 g/mol. The first-order chi connectivity index (χ1) is 15.4. The Balaban J connectivity index is 1.72. The SMILES string of the molecule is c1ccc2c(c1)Cc1c-2c2c(c3c1c1ccccc1n1ccnc31)-c1ccccc1C2. The Kier molecular flexibility index (Phi) is 2.77. The fraction of sp³-hybridized carbons (Fsp3) is 0.0690. The molecule has 0 aliphatic heterocycles. The molecule has 0 fully saturated rings. The van der Waals surface area contributed by atoms with Gasteiger partial charge in [0.2, 0.25) is 0 Å². The average Bonchev–Trinajstić information content (AvgIpc) is 3.53. The molecular formula is C29H18N2. The van der Waals surface area contributed by atoms with Crippen molar-refractivity contribution in [2.24, 2.45) is 0 Å². The van der Waals surface area contributed by atoms with Crippen LogP contribution in [0.4, 0.5) is 0 Å². The quantitative estimate of drug-likeness (QED) is 0.259. The molecule has 0 N–H and O–H groups in total. The van der Waals surface area contributed by atoms with Gasteiger partial charge < -0.3 is 0 Å². The molecule has 4 aromatic carbocycles. The number of para-hydroxylation sites is 1. The molecule has 0 radical (unpaired) electrons. The number of nitrogens with zero attached hydrogens (tertiary/aromatic N) is 2. The number of fused-ring (bicyclic) bond motifs is 15. The van der Waals surface area contributed by atoms with E-state index in [0.717, 1.165) is 18.5 Å². The summed E-state index contributed by atoms with van der Waals surface area (Å²) in [7, 11) is 0. The summed E-state index contributed by atoms with van der Waals surface area (Å²) in [6.07, 6.45) is 6.03. The topological polar surface area (TPSA) is 17.3 Å². The van der Waals surface area contributed by atoms with E-state index in [-0.39, 0.29) is 0 Å². The van der Waals surface area contributed by atoms with Gasteiger partial charge in [0, 0.05) is 23.2 Å². The van der Waals surface area contributed by atoms with Crippen LogP contribution in [0.25, 0.3) is 49.6 Å². The Labute approximate surface area is 179 Å². The van der Waals surface area contributed by atoms with Crippen molar-refractivity contribution >= 4 is 27.3 Å². The third-order valence-electron chi connectivity index (χ3n) is 7.31. The van der Waals surface area contributed by atoms with E-state index in [2.05, 4.69) is 83.4 Å². The summed E-state index contributed by atoms with van der Waals surface area (Å²) in [4.78, 5) is 4.88. The first kappa shape index (κ1) is 15.9. The second-order valence-electron chi connectivity index (χ2n) is 8.76. The fourth-order valence-corrected chi connectivity index (χ4v) is 6.15. The van der Waals surface area contributed by atoms with Crippen LogP contribution in [0.5, 0.6) is 0 Å². The second kappa shape index (κ2) is 5.41. The molecule has 0 saturated heterocycles. The lowest BCUT2D eigenvalue weighted by molar-refractivity contribution is 1.24. The Morgan fingerprint density at radius 1 is 0.645 bits per heavy atom. The lowest BCUT2D eigenvalue weighted by Gasteiger charge is -2.18. The molecule has 2 nitrogen and oxygen atoms in total. The summed E-state index contributed by atoms with van der Waals surface area (Å²) in [5.41, 5.74) is 13.8. The number of benzene rings is 4. The third kappa shape index (κ3) is 1.82. The Bertz CT molecular complexity index is 1740. The number of aromatic nitrogens is 2. The van der Waals surface area contributed by atoms with E-state index in [9.17, 15) is 0 Å². The van der Waals surface area contributed by atoms with Gasteiger partial charge in [-0.2, -0.15) is 0 Å². The third-order valence-corrected chi connectivity index (χ3v) is 7.31. The molecule has 2 heteroatoms. The van der Waals surface area contributed by atoms with E-state index in [1.807, 2.05) is 6.20 Å². The fourth-order valence-electron chi connectivity index (χ4n) is 6.15. The molecule has 0 amide bonds. The molecule has 31 heavy (non-hydrogen) atoms. The highest BCUT2D eigenvalue weighted by atomic mass is 15.0. The zero-order valence-corrected chi connectivity index (χ0v) is 16.9. The number of pyridine rings is 1. The van der Waals surface area contributed by atoms with Crippen molar-refractivity contribution in [1.29, 1.82) is 0 Å². The highest BCUT2D eigenvalue weighted by Gasteiger charge is 2.33. The van der Waals surface area contributed by atoms with Crippen LogP contribution in [0, 0.1) is 0 Å². The number of imidazole rings is 1. The molecule has 0 unspecified atom stereocenters. The van der Waals surface area contributed by atoms with Gasteiger partial charge in [0.25, 0.3) is 0 Å². The molecule has 2 aliphatic rings. The van der Waals surface area contributed by atoms with Crippen LogP contribution in [0.1, 0.15) is 22.3 Å². The van der Waals surface area contributed by atoms with Gasteiger partial charge in [-0.3, -0.25) is 4.40 Å². The summed E-state index contributed by atoms with van der Waals surface area (Å²) in [5.74, 6) is 0. The highest BCUT2D eigenvalue weighted by molar-refractivity contribution is 6.22. The minimum absolute atomic E-state index is 0.993. The largest absolute Gasteiger partial charge is 0.299 e. The van der Waals surface area contributed by atoms with Crippen molar-refractivity contribution in [2.45, 2.75) is 12.8 Å². The number of rotatable bonds is 0. The van der Waals surface area contributed by atoms with Crippen LogP contribution in [-0.2, 0) is 12.8 Å². The van der Waals surface area contributed by atoms with Crippen molar-refractivity contribution in [2.75, 3.05) is 0 Å². The van der Waals surface area contributed by atoms with Crippen molar-refractivity contribution in [3.05, 3.63) is 107 Å². The lowest BCUT2D eigenvalue weighted by atomic mass is 9.88. The molecule has 0 saturated carbocycles. The van der Waals surface area contributed by atoms with Crippen molar-refractivity contribution in [3.63, 3.8) is 0 Å². The predicted molar refractivity (Wildman–Crippen MR) is 127 cm³/mol. The van der Waals surface area contributed by atoms with E-state index in [0.29, 0.717) is 0 Å². The molecule has 2 aliphatic carbocycles. The number of hydrogen-bond acceptors (Lipinski definition) is 1. The van der Waals surface area contributed by atoms with Crippen molar-refractivity contribution in [1.82, 2.24) is 9.38 Å². The van der Waals surface area contributed by atoms with Gasteiger partial charge in [-0.1, -0.05) is 66.7 Å². The standard InChI is InChI=1S/C29H18N2/c1-3-9-19-17(7-1)15-23-25(19)22-16-18-8-2-4-10-20(18)26(22)28-27(23)21-11-5-6-12-24(21)31-14-13-30-29(28)31/h1-14H,15-16H2. The normalized spacial score (nSPS) is 13.5. The van der Waals surface area contributed by atoms with Crippen LogP contribution in [0.2, 0.25) is 0 Å². The maximum atomic E-state index is 4.88. The molecule has 144 valence electrons. The van der Waals surface area contributed by atoms with Crippen LogP contribution >= 0.6 is 0 Å². The van der Waals surface area contributed by atoms with Gasteiger partial charge in [-0.25, -0.2) is 4.98 Å². The minimum Gasteiger partial charge on any atom is -0.299 e. The smallest absolute Gasteiger partial charge is 0.145 e. The maximum absolute atomic E-state index is 4.88. The van der Waals surface area contributed by atoms with Crippen LogP contribution < -0.4 is 0 Å². The van der Waals surface area contributed by atoms with Crippen LogP contribution in [-0.4, -0.2) is 9.38 Å². The van der Waals surface area contributed by atoms with E-state index >= 15 is 0 Å². The van der Waals surface area contributed by atoms with Gasteiger partial charge in [-0.05, 0) is 68.8 Å². The lowest BCUT2D eigenvalue weighted by Crippen LogP contribution is -1.98. The summed E-state index contributed by atoms with van der Waals surface area (Å²) in [6.45, 7) is 0. The molecule has 6 aromatic rings. The first-order valence-corrected chi connectivity index (χ1v) is 10.9. The monoisotopic (exact) mass is 394 g/mol. The van der Waals surface area contributed by atoms with Crippen molar-refractivity contribution < 1.29 is 0 Å². The van der Waals surface area contributed by atoms with Crippen molar-refractivity contribution in [3.8, 4) is 22.3 Å². The maximum Gasteiger partial charge on any atom is 0.145 e. The minimum atomic E-state index is 0.993. The first-order valence-electron chi connectivity index (χ1n) is 10.9. The highest BCUT2D eigenvalue weighted by Crippen LogP contribution is 2.53. The van der Waals surface area contributed by atoms with Crippen LogP contribution in [0.15, 0.2) is 85.2 Å². The van der Waals surface area contributed by atoms with Crippen LogP contribution in [0.3, 0.4) is 0 Å². The van der Waals surface area contributed by atoms with Gasteiger partial charge >= 0.3 is 0 Å². The molecule has 0 atom stereocenters. The summed E-state index contributed by atoms with van der Waals surface area (Å²) in [6, 6.07) is 26.7. The van der Waals surface area contributed by atoms with Gasteiger partial charge in [-0.15, -0.1) is 0 Å². The molecule has 0 bridgehead atoms. The summed E-state index contributed by atoms with van der Waals surface area (Å²) >= 11 is 0. The average molecular weight is 394 g/mol. The zero-order chi connectivity index (χ0) is 20.1.